The van der Waals surface area contributed by atoms with Crippen molar-refractivity contribution in [3.05, 3.63) is 59.9 Å². The zero-order valence-electron chi connectivity index (χ0n) is 11.0. The summed E-state index contributed by atoms with van der Waals surface area (Å²) in [5.41, 5.74) is 3.28. The second-order valence-corrected chi connectivity index (χ2v) is 4.72. The van der Waals surface area contributed by atoms with Crippen LogP contribution in [0.2, 0.25) is 0 Å². The fourth-order valence-corrected chi connectivity index (χ4v) is 2.21. The Kier molecular flexibility index (Phi) is 2.91. The van der Waals surface area contributed by atoms with Crippen molar-refractivity contribution in [2.45, 2.75) is 19.9 Å². The Labute approximate surface area is 112 Å². The van der Waals surface area contributed by atoms with Gasteiger partial charge in [0.05, 0.1) is 0 Å². The molecule has 1 unspecified atom stereocenters. The van der Waals surface area contributed by atoms with Crippen LogP contribution in [0.5, 0.6) is 0 Å². The second-order valence-electron chi connectivity index (χ2n) is 4.72. The van der Waals surface area contributed by atoms with E-state index in [1.165, 1.54) is 11.1 Å². The standard InChI is InChI=1S/C15H16N4/c1-11-8-14-16-10-17-19(14)15(9-11)18-12(2)13-6-4-3-5-7-13/h3-10,12,18H,1-2H3. The molecule has 96 valence electrons. The van der Waals surface area contributed by atoms with Gasteiger partial charge in [0.15, 0.2) is 5.65 Å². The molecular formula is C15H16N4. The van der Waals surface area contributed by atoms with Crippen molar-refractivity contribution in [1.82, 2.24) is 14.6 Å². The van der Waals surface area contributed by atoms with Crippen LogP contribution in [0.3, 0.4) is 0 Å². The van der Waals surface area contributed by atoms with Gasteiger partial charge in [-0.25, -0.2) is 4.98 Å². The van der Waals surface area contributed by atoms with E-state index in [4.69, 9.17) is 0 Å². The number of rotatable bonds is 3. The summed E-state index contributed by atoms with van der Waals surface area (Å²) in [5, 5.41) is 7.74. The number of nitrogens with one attached hydrogen (secondary N) is 1. The van der Waals surface area contributed by atoms with Crippen LogP contribution in [0, 0.1) is 6.92 Å². The monoisotopic (exact) mass is 252 g/mol. The highest BCUT2D eigenvalue weighted by molar-refractivity contribution is 5.52. The molecule has 1 aromatic carbocycles. The molecule has 0 saturated carbocycles. The SMILES string of the molecule is Cc1cc(NC(C)c2ccccc2)n2ncnc2c1. The molecule has 0 aliphatic rings. The first kappa shape index (κ1) is 11.7. The maximum atomic E-state index is 4.25. The van der Waals surface area contributed by atoms with E-state index in [2.05, 4.69) is 59.6 Å². The molecule has 3 aromatic rings. The van der Waals surface area contributed by atoms with Crippen LogP contribution < -0.4 is 5.32 Å². The number of nitrogens with zero attached hydrogens (tertiary/aromatic N) is 3. The molecule has 0 aliphatic heterocycles. The van der Waals surface area contributed by atoms with Gasteiger partial charge in [0.25, 0.3) is 0 Å². The first-order valence-electron chi connectivity index (χ1n) is 6.36. The van der Waals surface area contributed by atoms with Crippen molar-refractivity contribution in [3.8, 4) is 0 Å². The van der Waals surface area contributed by atoms with Gasteiger partial charge in [0.2, 0.25) is 0 Å². The highest BCUT2D eigenvalue weighted by atomic mass is 15.3. The second kappa shape index (κ2) is 4.72. The van der Waals surface area contributed by atoms with Crippen LogP contribution in [0.1, 0.15) is 24.1 Å². The van der Waals surface area contributed by atoms with Crippen LogP contribution in [0.4, 0.5) is 5.82 Å². The third-order valence-corrected chi connectivity index (χ3v) is 3.19. The van der Waals surface area contributed by atoms with E-state index < -0.39 is 0 Å². The summed E-state index contributed by atoms with van der Waals surface area (Å²) in [7, 11) is 0. The molecule has 0 radical (unpaired) electrons. The molecule has 0 amide bonds. The highest BCUT2D eigenvalue weighted by Crippen LogP contribution is 2.20. The van der Waals surface area contributed by atoms with E-state index in [1.807, 2.05) is 16.6 Å². The van der Waals surface area contributed by atoms with Crippen molar-refractivity contribution in [2.75, 3.05) is 5.32 Å². The topological polar surface area (TPSA) is 42.2 Å². The number of hydrogen-bond donors (Lipinski definition) is 1. The molecule has 4 nitrogen and oxygen atoms in total. The van der Waals surface area contributed by atoms with E-state index in [0.717, 1.165) is 11.5 Å². The molecule has 3 rings (SSSR count). The highest BCUT2D eigenvalue weighted by Gasteiger charge is 2.08. The van der Waals surface area contributed by atoms with Gasteiger partial charge in [-0.1, -0.05) is 30.3 Å². The zero-order valence-corrected chi connectivity index (χ0v) is 11.0. The lowest BCUT2D eigenvalue weighted by atomic mass is 10.1. The van der Waals surface area contributed by atoms with Crippen molar-refractivity contribution >= 4 is 11.5 Å². The van der Waals surface area contributed by atoms with Crippen LogP contribution >= 0.6 is 0 Å². The first-order chi connectivity index (χ1) is 9.24. The van der Waals surface area contributed by atoms with Gasteiger partial charge >= 0.3 is 0 Å². The van der Waals surface area contributed by atoms with E-state index in [-0.39, 0.29) is 6.04 Å². The van der Waals surface area contributed by atoms with Gasteiger partial charge in [-0.2, -0.15) is 9.61 Å². The van der Waals surface area contributed by atoms with Crippen LogP contribution in [0.25, 0.3) is 5.65 Å². The molecule has 19 heavy (non-hydrogen) atoms. The summed E-state index contributed by atoms with van der Waals surface area (Å²) in [4.78, 5) is 4.23. The van der Waals surface area contributed by atoms with Crippen molar-refractivity contribution in [2.24, 2.45) is 0 Å². The Morgan fingerprint density at radius 1 is 1.16 bits per heavy atom. The fourth-order valence-electron chi connectivity index (χ4n) is 2.21. The number of pyridine rings is 1. The number of hydrogen-bond acceptors (Lipinski definition) is 3. The van der Waals surface area contributed by atoms with Crippen molar-refractivity contribution in [1.29, 1.82) is 0 Å². The van der Waals surface area contributed by atoms with Crippen molar-refractivity contribution < 1.29 is 0 Å². The molecule has 2 heterocycles. The third kappa shape index (κ3) is 2.29. The Morgan fingerprint density at radius 2 is 1.95 bits per heavy atom. The molecular weight excluding hydrogens is 236 g/mol. The number of benzene rings is 1. The number of anilines is 1. The van der Waals surface area contributed by atoms with Crippen LogP contribution in [0.15, 0.2) is 48.8 Å². The Bertz CT molecular complexity index is 688. The predicted molar refractivity (Wildman–Crippen MR) is 76.2 cm³/mol. The Hall–Kier alpha value is -2.36. The minimum Gasteiger partial charge on any atom is -0.363 e. The van der Waals surface area contributed by atoms with Crippen LogP contribution in [-0.2, 0) is 0 Å². The Morgan fingerprint density at radius 3 is 2.74 bits per heavy atom. The molecule has 1 N–H and O–H groups in total. The number of fused-ring (bicyclic) bond motifs is 1. The number of aromatic nitrogens is 3. The largest absolute Gasteiger partial charge is 0.363 e. The quantitative estimate of drug-likeness (QED) is 0.778. The lowest BCUT2D eigenvalue weighted by molar-refractivity contribution is 0.845. The summed E-state index contributed by atoms with van der Waals surface area (Å²) in [6.45, 7) is 4.20. The average Bonchev–Trinajstić information content (AvgIpc) is 2.88. The van der Waals surface area contributed by atoms with Gasteiger partial charge in [-0.15, -0.1) is 0 Å². The molecule has 0 saturated heterocycles. The minimum absolute atomic E-state index is 0.218. The third-order valence-electron chi connectivity index (χ3n) is 3.19. The smallest absolute Gasteiger partial charge is 0.157 e. The van der Waals surface area contributed by atoms with E-state index >= 15 is 0 Å². The van der Waals surface area contributed by atoms with E-state index in [1.54, 1.807) is 6.33 Å². The molecule has 0 fully saturated rings. The number of aryl methyl sites for hydroxylation is 1. The summed E-state index contributed by atoms with van der Waals surface area (Å²) in [5.74, 6) is 0.962. The van der Waals surface area contributed by atoms with Gasteiger partial charge in [-0.05, 0) is 37.1 Å². The molecule has 0 aliphatic carbocycles. The lowest BCUT2D eigenvalue weighted by Crippen LogP contribution is -2.10. The first-order valence-corrected chi connectivity index (χ1v) is 6.36. The molecule has 2 aromatic heterocycles. The lowest BCUT2D eigenvalue weighted by Gasteiger charge is -2.16. The molecule has 0 spiro atoms. The van der Waals surface area contributed by atoms with Gasteiger partial charge in [0, 0.05) is 6.04 Å². The minimum atomic E-state index is 0.218. The van der Waals surface area contributed by atoms with E-state index in [9.17, 15) is 0 Å². The molecule has 4 heteroatoms. The van der Waals surface area contributed by atoms with Crippen LogP contribution in [-0.4, -0.2) is 14.6 Å². The van der Waals surface area contributed by atoms with Gasteiger partial charge < -0.3 is 5.32 Å². The van der Waals surface area contributed by atoms with Gasteiger partial charge in [0.1, 0.15) is 12.1 Å². The fraction of sp³-hybridized carbons (Fsp3) is 0.200. The average molecular weight is 252 g/mol. The Balaban J connectivity index is 1.95. The van der Waals surface area contributed by atoms with E-state index in [0.29, 0.717) is 0 Å². The normalized spacial score (nSPS) is 12.5. The molecule has 0 bridgehead atoms. The maximum Gasteiger partial charge on any atom is 0.157 e. The summed E-state index contributed by atoms with van der Waals surface area (Å²) < 4.78 is 1.83. The summed E-state index contributed by atoms with van der Waals surface area (Å²) >= 11 is 0. The summed E-state index contributed by atoms with van der Waals surface area (Å²) in [6, 6.07) is 14.7. The zero-order chi connectivity index (χ0) is 13.2. The maximum absolute atomic E-state index is 4.25. The summed E-state index contributed by atoms with van der Waals surface area (Å²) in [6.07, 6.45) is 1.58. The van der Waals surface area contributed by atoms with Gasteiger partial charge in [-0.3, -0.25) is 0 Å². The molecule has 1 atom stereocenters. The predicted octanol–water partition coefficient (Wildman–Crippen LogP) is 3.21. The van der Waals surface area contributed by atoms with Crippen molar-refractivity contribution in [3.63, 3.8) is 0 Å².